The third-order valence-electron chi connectivity index (χ3n) is 2.31. The third kappa shape index (κ3) is 2.62. The molecular formula is C13H10FNO2S. The normalized spacial score (nSPS) is 10.3. The van der Waals surface area contributed by atoms with Gasteiger partial charge < -0.3 is 10.8 Å². The minimum Gasteiger partial charge on any atom is -0.478 e. The molecule has 0 unspecified atom stereocenters. The van der Waals surface area contributed by atoms with Gasteiger partial charge in [-0.25, -0.2) is 9.18 Å². The van der Waals surface area contributed by atoms with Gasteiger partial charge in [-0.15, -0.1) is 0 Å². The highest BCUT2D eigenvalue weighted by atomic mass is 32.2. The van der Waals surface area contributed by atoms with Crippen molar-refractivity contribution in [1.29, 1.82) is 0 Å². The molecule has 0 aliphatic carbocycles. The zero-order chi connectivity index (χ0) is 13.1. The van der Waals surface area contributed by atoms with E-state index < -0.39 is 11.8 Å². The lowest BCUT2D eigenvalue weighted by atomic mass is 10.2. The first-order valence-electron chi connectivity index (χ1n) is 5.13. The van der Waals surface area contributed by atoms with E-state index in [1.807, 2.05) is 0 Å². The van der Waals surface area contributed by atoms with E-state index in [-0.39, 0.29) is 5.56 Å². The molecule has 92 valence electrons. The summed E-state index contributed by atoms with van der Waals surface area (Å²) in [6.07, 6.45) is 0. The number of benzene rings is 2. The van der Waals surface area contributed by atoms with Crippen LogP contribution in [0.2, 0.25) is 0 Å². The molecule has 0 radical (unpaired) electrons. The van der Waals surface area contributed by atoms with Gasteiger partial charge in [0.2, 0.25) is 0 Å². The maximum atomic E-state index is 12.9. The van der Waals surface area contributed by atoms with Crippen molar-refractivity contribution in [3.8, 4) is 0 Å². The molecule has 0 amide bonds. The van der Waals surface area contributed by atoms with Crippen molar-refractivity contribution in [2.45, 2.75) is 9.79 Å². The Morgan fingerprint density at radius 2 is 1.89 bits per heavy atom. The average molecular weight is 263 g/mol. The average Bonchev–Trinajstić information content (AvgIpc) is 2.33. The first-order chi connectivity index (χ1) is 8.58. The van der Waals surface area contributed by atoms with Gasteiger partial charge in [0.05, 0.1) is 5.56 Å². The summed E-state index contributed by atoms with van der Waals surface area (Å²) in [6.45, 7) is 0. The predicted octanol–water partition coefficient (Wildman–Crippen LogP) is 3.26. The monoisotopic (exact) mass is 263 g/mol. The fraction of sp³-hybridized carbons (Fsp3) is 0. The lowest BCUT2D eigenvalue weighted by Gasteiger charge is -2.07. The Kier molecular flexibility index (Phi) is 3.53. The van der Waals surface area contributed by atoms with Crippen molar-refractivity contribution in [3.05, 3.63) is 53.8 Å². The highest BCUT2D eigenvalue weighted by molar-refractivity contribution is 7.99. The topological polar surface area (TPSA) is 63.3 Å². The van der Waals surface area contributed by atoms with E-state index in [1.165, 1.54) is 36.0 Å². The zero-order valence-corrected chi connectivity index (χ0v) is 10.1. The van der Waals surface area contributed by atoms with E-state index >= 15 is 0 Å². The van der Waals surface area contributed by atoms with E-state index in [0.29, 0.717) is 15.5 Å². The number of hydrogen-bond acceptors (Lipinski definition) is 3. The predicted molar refractivity (Wildman–Crippen MR) is 68.3 cm³/mol. The number of aromatic carboxylic acids is 1. The maximum Gasteiger partial charge on any atom is 0.336 e. The van der Waals surface area contributed by atoms with Crippen LogP contribution in [0, 0.1) is 5.82 Å². The Morgan fingerprint density at radius 1 is 1.17 bits per heavy atom. The van der Waals surface area contributed by atoms with E-state index in [4.69, 9.17) is 10.8 Å². The van der Waals surface area contributed by atoms with E-state index in [1.54, 1.807) is 18.2 Å². The van der Waals surface area contributed by atoms with Gasteiger partial charge in [-0.2, -0.15) is 0 Å². The number of carboxylic acids is 1. The van der Waals surface area contributed by atoms with Gasteiger partial charge in [0, 0.05) is 15.5 Å². The summed E-state index contributed by atoms with van der Waals surface area (Å²) in [5, 5.41) is 9.05. The molecule has 2 rings (SSSR count). The van der Waals surface area contributed by atoms with E-state index in [2.05, 4.69) is 0 Å². The van der Waals surface area contributed by atoms with Crippen LogP contribution in [0.5, 0.6) is 0 Å². The van der Waals surface area contributed by atoms with Gasteiger partial charge in [-0.05, 0) is 30.3 Å². The molecule has 0 aliphatic rings. The minimum atomic E-state index is -1.00. The van der Waals surface area contributed by atoms with Crippen molar-refractivity contribution in [1.82, 2.24) is 0 Å². The Bertz CT molecular complexity index is 601. The molecule has 3 N–H and O–H groups in total. The van der Waals surface area contributed by atoms with E-state index in [0.717, 1.165) is 0 Å². The number of hydrogen-bond donors (Lipinski definition) is 2. The number of carboxylic acid groups (broad SMARTS) is 1. The summed E-state index contributed by atoms with van der Waals surface area (Å²) in [5.41, 5.74) is 6.18. The summed E-state index contributed by atoms with van der Waals surface area (Å²) in [6, 6.07) is 10.7. The SMILES string of the molecule is Nc1cc(F)ccc1Sc1ccccc1C(=O)O. The van der Waals surface area contributed by atoms with Crippen molar-refractivity contribution in [2.75, 3.05) is 5.73 Å². The van der Waals surface area contributed by atoms with Gasteiger partial charge in [0.15, 0.2) is 0 Å². The van der Waals surface area contributed by atoms with Crippen LogP contribution in [-0.4, -0.2) is 11.1 Å². The smallest absolute Gasteiger partial charge is 0.336 e. The summed E-state index contributed by atoms with van der Waals surface area (Å²) >= 11 is 1.21. The zero-order valence-electron chi connectivity index (χ0n) is 9.26. The fourth-order valence-corrected chi connectivity index (χ4v) is 2.42. The summed E-state index contributed by atoms with van der Waals surface area (Å²) in [7, 11) is 0. The molecule has 0 saturated carbocycles. The Morgan fingerprint density at radius 3 is 2.56 bits per heavy atom. The maximum absolute atomic E-state index is 12.9. The molecule has 0 aromatic heterocycles. The number of nitrogen functional groups attached to an aromatic ring is 1. The lowest BCUT2D eigenvalue weighted by Crippen LogP contribution is -1.98. The molecule has 0 atom stereocenters. The first-order valence-corrected chi connectivity index (χ1v) is 5.95. The number of rotatable bonds is 3. The number of anilines is 1. The van der Waals surface area contributed by atoms with Crippen molar-refractivity contribution >= 4 is 23.4 Å². The second-order valence-corrected chi connectivity index (χ2v) is 4.67. The van der Waals surface area contributed by atoms with Crippen LogP contribution < -0.4 is 5.73 Å². The summed E-state index contributed by atoms with van der Waals surface area (Å²) in [4.78, 5) is 12.2. The van der Waals surface area contributed by atoms with Crippen LogP contribution in [0.1, 0.15) is 10.4 Å². The molecule has 18 heavy (non-hydrogen) atoms. The largest absolute Gasteiger partial charge is 0.478 e. The van der Waals surface area contributed by atoms with Gasteiger partial charge in [0.1, 0.15) is 5.82 Å². The molecule has 0 saturated heterocycles. The number of nitrogens with two attached hydrogens (primary N) is 1. The molecule has 3 nitrogen and oxygen atoms in total. The Hall–Kier alpha value is -2.01. The van der Waals surface area contributed by atoms with Crippen molar-refractivity contribution in [2.24, 2.45) is 0 Å². The lowest BCUT2D eigenvalue weighted by molar-refractivity contribution is 0.0693. The van der Waals surface area contributed by atoms with Crippen LogP contribution in [0.3, 0.4) is 0 Å². The minimum absolute atomic E-state index is 0.200. The van der Waals surface area contributed by atoms with Gasteiger partial charge in [-0.1, -0.05) is 23.9 Å². The molecular weight excluding hydrogens is 253 g/mol. The Labute approximate surface area is 107 Å². The molecule has 5 heteroatoms. The highest BCUT2D eigenvalue weighted by Gasteiger charge is 2.11. The van der Waals surface area contributed by atoms with Crippen LogP contribution in [-0.2, 0) is 0 Å². The molecule has 0 bridgehead atoms. The summed E-state index contributed by atoms with van der Waals surface area (Å²) in [5.74, 6) is -1.41. The Balaban J connectivity index is 2.37. The standard InChI is InChI=1S/C13H10FNO2S/c14-8-5-6-12(10(15)7-8)18-11-4-2-1-3-9(11)13(16)17/h1-7H,15H2,(H,16,17). The molecule has 2 aromatic carbocycles. The van der Waals surface area contributed by atoms with Crippen molar-refractivity contribution < 1.29 is 14.3 Å². The second-order valence-electron chi connectivity index (χ2n) is 3.59. The van der Waals surface area contributed by atoms with Gasteiger partial charge >= 0.3 is 5.97 Å². The van der Waals surface area contributed by atoms with Crippen LogP contribution in [0.25, 0.3) is 0 Å². The quantitative estimate of drug-likeness (QED) is 0.834. The van der Waals surface area contributed by atoms with Gasteiger partial charge in [0.25, 0.3) is 0 Å². The van der Waals surface area contributed by atoms with E-state index in [9.17, 15) is 9.18 Å². The molecule has 0 fully saturated rings. The summed E-state index contributed by atoms with van der Waals surface area (Å²) < 4.78 is 12.9. The number of carbonyl (C=O) groups is 1. The first kappa shape index (κ1) is 12.4. The van der Waals surface area contributed by atoms with Crippen LogP contribution in [0.15, 0.2) is 52.3 Å². The van der Waals surface area contributed by atoms with Crippen LogP contribution >= 0.6 is 11.8 Å². The third-order valence-corrected chi connectivity index (χ3v) is 3.48. The number of halogens is 1. The van der Waals surface area contributed by atoms with Crippen LogP contribution in [0.4, 0.5) is 10.1 Å². The highest BCUT2D eigenvalue weighted by Crippen LogP contribution is 2.34. The fourth-order valence-electron chi connectivity index (χ4n) is 1.46. The molecule has 0 aliphatic heterocycles. The van der Waals surface area contributed by atoms with Gasteiger partial charge in [-0.3, -0.25) is 0 Å². The molecule has 2 aromatic rings. The molecule has 0 spiro atoms. The van der Waals surface area contributed by atoms with Crippen molar-refractivity contribution in [3.63, 3.8) is 0 Å². The molecule has 0 heterocycles. The second kappa shape index (κ2) is 5.10.